The molecule has 1 aliphatic rings. The van der Waals surface area contributed by atoms with Gasteiger partial charge in [0.1, 0.15) is 6.04 Å². The molecule has 0 bridgehead atoms. The monoisotopic (exact) mass is 230 g/mol. The van der Waals surface area contributed by atoms with Gasteiger partial charge in [-0.1, -0.05) is 6.92 Å². The molecule has 0 aromatic heterocycles. The smallest absolute Gasteiger partial charge is 0.326 e. The number of amides is 1. The van der Waals surface area contributed by atoms with Gasteiger partial charge in [0.25, 0.3) is 0 Å². The van der Waals surface area contributed by atoms with Crippen LogP contribution in [0.3, 0.4) is 0 Å². The van der Waals surface area contributed by atoms with Gasteiger partial charge < -0.3 is 20.8 Å². The van der Waals surface area contributed by atoms with Crippen molar-refractivity contribution in [2.75, 3.05) is 13.2 Å². The van der Waals surface area contributed by atoms with E-state index in [2.05, 4.69) is 10.6 Å². The molecule has 1 fully saturated rings. The van der Waals surface area contributed by atoms with Gasteiger partial charge in [0.2, 0.25) is 5.91 Å². The summed E-state index contributed by atoms with van der Waals surface area (Å²) in [4.78, 5) is 22.5. The van der Waals surface area contributed by atoms with E-state index < -0.39 is 12.0 Å². The van der Waals surface area contributed by atoms with Gasteiger partial charge in [0.05, 0.1) is 6.04 Å². The second-order valence-electron chi connectivity index (χ2n) is 4.11. The van der Waals surface area contributed by atoms with Gasteiger partial charge in [-0.15, -0.1) is 0 Å². The summed E-state index contributed by atoms with van der Waals surface area (Å²) in [5, 5.41) is 23.0. The van der Waals surface area contributed by atoms with Gasteiger partial charge in [0, 0.05) is 13.0 Å². The number of carbonyl (C=O) groups excluding carboxylic acids is 1. The molecule has 0 spiro atoms. The summed E-state index contributed by atoms with van der Waals surface area (Å²) in [5.41, 5.74) is 0. The van der Waals surface area contributed by atoms with E-state index in [1.807, 2.05) is 6.92 Å². The van der Waals surface area contributed by atoms with E-state index >= 15 is 0 Å². The minimum Gasteiger partial charge on any atom is -0.480 e. The second-order valence-corrected chi connectivity index (χ2v) is 4.11. The fourth-order valence-electron chi connectivity index (χ4n) is 1.83. The van der Waals surface area contributed by atoms with Crippen LogP contribution in [0.4, 0.5) is 0 Å². The highest BCUT2D eigenvalue weighted by molar-refractivity contribution is 5.87. The summed E-state index contributed by atoms with van der Waals surface area (Å²) in [5.74, 6) is -1.21. The zero-order valence-electron chi connectivity index (χ0n) is 9.27. The van der Waals surface area contributed by atoms with Crippen LogP contribution in [-0.4, -0.2) is 47.3 Å². The molecule has 1 heterocycles. The molecule has 0 saturated carbocycles. The minimum absolute atomic E-state index is 0.0299. The number of aliphatic hydroxyl groups is 1. The summed E-state index contributed by atoms with van der Waals surface area (Å²) in [6, 6.07) is -1.33. The number of carboxylic acids is 1. The fraction of sp³-hybridized carbons (Fsp3) is 0.800. The van der Waals surface area contributed by atoms with Crippen LogP contribution in [0.15, 0.2) is 0 Å². The van der Waals surface area contributed by atoms with E-state index in [0.29, 0.717) is 0 Å². The first kappa shape index (κ1) is 12.9. The molecule has 0 aromatic rings. The molecule has 3 atom stereocenters. The van der Waals surface area contributed by atoms with Crippen molar-refractivity contribution >= 4 is 11.9 Å². The normalized spacial score (nSPS) is 26.4. The Morgan fingerprint density at radius 2 is 2.25 bits per heavy atom. The molecular formula is C10H18N2O4. The van der Waals surface area contributed by atoms with Gasteiger partial charge in [0.15, 0.2) is 0 Å². The quantitative estimate of drug-likeness (QED) is 0.482. The van der Waals surface area contributed by atoms with Crippen LogP contribution in [-0.2, 0) is 9.59 Å². The third-order valence-corrected chi connectivity index (χ3v) is 2.85. The van der Waals surface area contributed by atoms with Crippen LogP contribution in [0.1, 0.15) is 19.8 Å². The molecule has 6 nitrogen and oxygen atoms in total. The molecule has 0 aromatic carbocycles. The van der Waals surface area contributed by atoms with Crippen LogP contribution in [0.5, 0.6) is 0 Å². The number of aliphatic hydroxyl groups excluding tert-OH is 1. The summed E-state index contributed by atoms with van der Waals surface area (Å²) in [6.45, 7) is 2.47. The van der Waals surface area contributed by atoms with Gasteiger partial charge >= 0.3 is 5.97 Å². The summed E-state index contributed by atoms with van der Waals surface area (Å²) >= 11 is 0. The Hall–Kier alpha value is -1.14. The molecule has 0 aliphatic carbocycles. The van der Waals surface area contributed by atoms with Gasteiger partial charge in [-0.05, 0) is 18.9 Å². The van der Waals surface area contributed by atoms with Crippen molar-refractivity contribution in [3.63, 3.8) is 0 Å². The van der Waals surface area contributed by atoms with E-state index in [-0.39, 0.29) is 30.9 Å². The van der Waals surface area contributed by atoms with Crippen molar-refractivity contribution in [2.45, 2.75) is 31.8 Å². The topological polar surface area (TPSA) is 98.7 Å². The van der Waals surface area contributed by atoms with Crippen molar-refractivity contribution in [3.05, 3.63) is 0 Å². The van der Waals surface area contributed by atoms with Crippen LogP contribution >= 0.6 is 0 Å². The maximum atomic E-state index is 11.7. The first-order valence-electron chi connectivity index (χ1n) is 5.43. The van der Waals surface area contributed by atoms with E-state index in [0.717, 1.165) is 13.0 Å². The molecule has 1 amide bonds. The Morgan fingerprint density at radius 1 is 1.56 bits per heavy atom. The Bertz CT molecular complexity index is 270. The third kappa shape index (κ3) is 3.18. The van der Waals surface area contributed by atoms with E-state index in [4.69, 9.17) is 10.2 Å². The van der Waals surface area contributed by atoms with Gasteiger partial charge in [-0.25, -0.2) is 4.79 Å². The number of carbonyl (C=O) groups is 2. The lowest BCUT2D eigenvalue weighted by molar-refractivity contribution is -0.142. The highest BCUT2D eigenvalue weighted by atomic mass is 16.4. The maximum absolute atomic E-state index is 11.7. The molecule has 4 N–H and O–H groups in total. The first-order valence-corrected chi connectivity index (χ1v) is 5.43. The van der Waals surface area contributed by atoms with Crippen molar-refractivity contribution < 1.29 is 19.8 Å². The number of hydrogen-bond acceptors (Lipinski definition) is 4. The minimum atomic E-state index is -1.12. The van der Waals surface area contributed by atoms with E-state index in [1.54, 1.807) is 0 Å². The van der Waals surface area contributed by atoms with Gasteiger partial charge in [-0.3, -0.25) is 4.79 Å². The molecule has 0 radical (unpaired) electrons. The molecule has 1 rings (SSSR count). The van der Waals surface area contributed by atoms with Crippen LogP contribution in [0.2, 0.25) is 0 Å². The summed E-state index contributed by atoms with van der Waals surface area (Å²) in [6.07, 6.45) is 0.942. The predicted molar refractivity (Wildman–Crippen MR) is 56.8 cm³/mol. The van der Waals surface area contributed by atoms with Crippen LogP contribution in [0, 0.1) is 5.92 Å². The van der Waals surface area contributed by atoms with Crippen molar-refractivity contribution in [1.29, 1.82) is 0 Å². The zero-order chi connectivity index (χ0) is 12.1. The average molecular weight is 230 g/mol. The average Bonchev–Trinajstić information content (AvgIpc) is 2.63. The Balaban J connectivity index is 2.50. The lowest BCUT2D eigenvalue weighted by Crippen LogP contribution is -2.50. The highest BCUT2D eigenvalue weighted by Crippen LogP contribution is 2.14. The lowest BCUT2D eigenvalue weighted by atomic mass is 10.0. The largest absolute Gasteiger partial charge is 0.480 e. The van der Waals surface area contributed by atoms with Crippen LogP contribution < -0.4 is 10.6 Å². The molecule has 16 heavy (non-hydrogen) atoms. The molecular weight excluding hydrogens is 212 g/mol. The Kier molecular flexibility index (Phi) is 4.70. The number of aliphatic carboxylic acids is 1. The fourth-order valence-corrected chi connectivity index (χ4v) is 1.83. The third-order valence-electron chi connectivity index (χ3n) is 2.85. The molecule has 1 saturated heterocycles. The Morgan fingerprint density at radius 3 is 2.69 bits per heavy atom. The maximum Gasteiger partial charge on any atom is 0.326 e. The molecule has 1 aliphatic heterocycles. The van der Waals surface area contributed by atoms with Gasteiger partial charge in [-0.2, -0.15) is 0 Å². The number of rotatable bonds is 5. The standard InChI is InChI=1S/C10H18N2O4/c1-6-2-4-11-8(6)9(14)12-7(3-5-13)10(15)16/h6-8,11,13H,2-5H2,1H3,(H,12,14)(H,15,16)/t6?,7-,8?/m1/s1. The highest BCUT2D eigenvalue weighted by Gasteiger charge is 2.31. The van der Waals surface area contributed by atoms with Crippen LogP contribution in [0.25, 0.3) is 0 Å². The number of hydrogen-bond donors (Lipinski definition) is 4. The predicted octanol–water partition coefficient (Wildman–Crippen LogP) is -1.06. The molecule has 6 heteroatoms. The first-order chi connectivity index (χ1) is 7.56. The molecule has 92 valence electrons. The van der Waals surface area contributed by atoms with E-state index in [1.165, 1.54) is 0 Å². The number of carboxylic acid groups (broad SMARTS) is 1. The lowest BCUT2D eigenvalue weighted by Gasteiger charge is -2.19. The number of nitrogens with one attached hydrogen (secondary N) is 2. The van der Waals surface area contributed by atoms with Crippen molar-refractivity contribution in [2.24, 2.45) is 5.92 Å². The second kappa shape index (κ2) is 5.81. The summed E-state index contributed by atoms with van der Waals surface area (Å²) in [7, 11) is 0. The van der Waals surface area contributed by atoms with Crippen molar-refractivity contribution in [1.82, 2.24) is 10.6 Å². The molecule has 2 unspecified atom stereocenters. The summed E-state index contributed by atoms with van der Waals surface area (Å²) < 4.78 is 0. The van der Waals surface area contributed by atoms with E-state index in [9.17, 15) is 9.59 Å². The Labute approximate surface area is 94.0 Å². The SMILES string of the molecule is CC1CCNC1C(=O)N[C@H](CCO)C(=O)O. The zero-order valence-corrected chi connectivity index (χ0v) is 9.27. The van der Waals surface area contributed by atoms with Crippen molar-refractivity contribution in [3.8, 4) is 0 Å².